The highest BCUT2D eigenvalue weighted by atomic mass is 32.2. The van der Waals surface area contributed by atoms with Crippen LogP contribution in [0.4, 0.5) is 13.2 Å². The summed E-state index contributed by atoms with van der Waals surface area (Å²) in [5.74, 6) is -1.30. The van der Waals surface area contributed by atoms with Crippen molar-refractivity contribution in [3.05, 3.63) is 95.3 Å². The molecule has 0 fully saturated rings. The minimum absolute atomic E-state index is 0.0276. The van der Waals surface area contributed by atoms with Gasteiger partial charge in [-0.2, -0.15) is 0 Å². The molecule has 0 N–H and O–H groups in total. The van der Waals surface area contributed by atoms with Crippen LogP contribution in [0.5, 0.6) is 0 Å². The Kier molecular flexibility index (Phi) is 5.40. The predicted molar refractivity (Wildman–Crippen MR) is 107 cm³/mol. The number of aryl methyl sites for hydroxylation is 1. The first-order valence-electron chi connectivity index (χ1n) is 8.88. The molecule has 0 aliphatic carbocycles. The minimum Gasteiger partial charge on any atom is -0.270 e. The number of rotatable bonds is 5. The SMILES string of the molecule is Cc1ccccc1-n1c(SCc2c(F)cccc2F)nnc1-c1ccccc1F. The number of para-hydroxylation sites is 1. The van der Waals surface area contributed by atoms with Crippen LogP contribution in [0.1, 0.15) is 11.1 Å². The quantitative estimate of drug-likeness (QED) is 0.380. The third kappa shape index (κ3) is 3.78. The lowest BCUT2D eigenvalue weighted by molar-refractivity contribution is 0.566. The minimum atomic E-state index is -0.617. The zero-order chi connectivity index (χ0) is 20.4. The normalized spacial score (nSPS) is 11.0. The van der Waals surface area contributed by atoms with Crippen LogP contribution in [-0.4, -0.2) is 14.8 Å². The van der Waals surface area contributed by atoms with Crippen molar-refractivity contribution in [2.24, 2.45) is 0 Å². The summed E-state index contributed by atoms with van der Waals surface area (Å²) < 4.78 is 44.2. The Bertz CT molecular complexity index is 1150. The van der Waals surface area contributed by atoms with Gasteiger partial charge in [-0.05, 0) is 42.8 Å². The van der Waals surface area contributed by atoms with E-state index in [1.165, 1.54) is 24.3 Å². The highest BCUT2D eigenvalue weighted by Crippen LogP contribution is 2.32. The maximum atomic E-state index is 14.5. The summed E-state index contributed by atoms with van der Waals surface area (Å²) in [6.45, 7) is 1.92. The van der Waals surface area contributed by atoms with E-state index in [4.69, 9.17) is 0 Å². The van der Waals surface area contributed by atoms with Gasteiger partial charge in [-0.3, -0.25) is 4.57 Å². The maximum absolute atomic E-state index is 14.5. The number of nitrogens with zero attached hydrogens (tertiary/aromatic N) is 3. The molecule has 29 heavy (non-hydrogen) atoms. The molecule has 4 rings (SSSR count). The van der Waals surface area contributed by atoms with Crippen LogP contribution >= 0.6 is 11.8 Å². The van der Waals surface area contributed by atoms with Gasteiger partial charge in [-0.15, -0.1) is 10.2 Å². The van der Waals surface area contributed by atoms with E-state index in [9.17, 15) is 13.2 Å². The summed E-state index contributed by atoms with van der Waals surface area (Å²) in [6.07, 6.45) is 0. The van der Waals surface area contributed by atoms with Gasteiger partial charge < -0.3 is 0 Å². The molecule has 1 heterocycles. The van der Waals surface area contributed by atoms with Gasteiger partial charge >= 0.3 is 0 Å². The molecule has 0 amide bonds. The number of benzene rings is 3. The fourth-order valence-corrected chi connectivity index (χ4v) is 3.98. The van der Waals surface area contributed by atoms with E-state index in [1.807, 2.05) is 31.2 Å². The Balaban J connectivity index is 1.81. The molecule has 0 unspecified atom stereocenters. The Morgan fingerprint density at radius 3 is 2.17 bits per heavy atom. The lowest BCUT2D eigenvalue weighted by Crippen LogP contribution is -2.03. The van der Waals surface area contributed by atoms with Crippen molar-refractivity contribution in [2.75, 3.05) is 0 Å². The second-order valence-electron chi connectivity index (χ2n) is 6.40. The first-order chi connectivity index (χ1) is 14.1. The summed E-state index contributed by atoms with van der Waals surface area (Å²) in [5, 5.41) is 8.79. The fraction of sp³-hybridized carbons (Fsp3) is 0.0909. The van der Waals surface area contributed by atoms with Gasteiger partial charge in [0, 0.05) is 11.3 Å². The molecule has 7 heteroatoms. The summed E-state index contributed by atoms with van der Waals surface area (Å²) in [7, 11) is 0. The topological polar surface area (TPSA) is 30.7 Å². The molecule has 0 radical (unpaired) electrons. The smallest absolute Gasteiger partial charge is 0.196 e. The Morgan fingerprint density at radius 1 is 0.793 bits per heavy atom. The first-order valence-corrected chi connectivity index (χ1v) is 9.87. The molecule has 0 saturated carbocycles. The number of halogens is 3. The van der Waals surface area contributed by atoms with E-state index in [0.717, 1.165) is 23.0 Å². The number of aromatic nitrogens is 3. The molecular weight excluding hydrogens is 395 g/mol. The molecular formula is C22H16F3N3S. The maximum Gasteiger partial charge on any atom is 0.196 e. The molecule has 0 spiro atoms. The summed E-state index contributed by atoms with van der Waals surface area (Å²) >= 11 is 1.14. The Labute approximate surface area is 170 Å². The van der Waals surface area contributed by atoms with Gasteiger partial charge in [0.15, 0.2) is 11.0 Å². The average Bonchev–Trinajstić information content (AvgIpc) is 3.12. The van der Waals surface area contributed by atoms with Gasteiger partial charge in [0.05, 0.1) is 11.3 Å². The van der Waals surface area contributed by atoms with E-state index in [0.29, 0.717) is 16.5 Å². The van der Waals surface area contributed by atoms with Gasteiger partial charge in [0.25, 0.3) is 0 Å². The summed E-state index contributed by atoms with van der Waals surface area (Å²) in [6, 6.07) is 17.6. The van der Waals surface area contributed by atoms with Crippen LogP contribution in [0, 0.1) is 24.4 Å². The van der Waals surface area contributed by atoms with Crippen molar-refractivity contribution in [2.45, 2.75) is 17.8 Å². The fourth-order valence-electron chi connectivity index (χ4n) is 3.02. The molecule has 0 saturated heterocycles. The van der Waals surface area contributed by atoms with Crippen molar-refractivity contribution in [3.63, 3.8) is 0 Å². The molecule has 0 bridgehead atoms. The molecule has 146 valence electrons. The highest BCUT2D eigenvalue weighted by molar-refractivity contribution is 7.98. The van der Waals surface area contributed by atoms with Crippen molar-refractivity contribution < 1.29 is 13.2 Å². The largest absolute Gasteiger partial charge is 0.270 e. The lowest BCUT2D eigenvalue weighted by Gasteiger charge is -2.13. The van der Waals surface area contributed by atoms with Gasteiger partial charge in [-0.25, -0.2) is 13.2 Å². The molecule has 1 aromatic heterocycles. The Morgan fingerprint density at radius 2 is 1.45 bits per heavy atom. The highest BCUT2D eigenvalue weighted by Gasteiger charge is 2.20. The summed E-state index contributed by atoms with van der Waals surface area (Å²) in [5.41, 5.74) is 1.97. The second-order valence-corrected chi connectivity index (χ2v) is 7.34. The molecule has 4 aromatic rings. The van der Waals surface area contributed by atoms with Gasteiger partial charge in [0.2, 0.25) is 0 Å². The first kappa shape index (κ1) is 19.3. The zero-order valence-corrected chi connectivity index (χ0v) is 16.3. The van der Waals surface area contributed by atoms with E-state index >= 15 is 0 Å². The van der Waals surface area contributed by atoms with Crippen molar-refractivity contribution in [3.8, 4) is 17.1 Å². The van der Waals surface area contributed by atoms with Crippen LogP contribution in [-0.2, 0) is 5.75 Å². The number of hydrogen-bond acceptors (Lipinski definition) is 3. The van der Waals surface area contributed by atoms with Crippen molar-refractivity contribution in [1.29, 1.82) is 0 Å². The van der Waals surface area contributed by atoms with E-state index in [2.05, 4.69) is 10.2 Å². The number of thioether (sulfide) groups is 1. The van der Waals surface area contributed by atoms with E-state index in [-0.39, 0.29) is 11.3 Å². The lowest BCUT2D eigenvalue weighted by atomic mass is 10.1. The molecule has 3 nitrogen and oxygen atoms in total. The van der Waals surface area contributed by atoms with Gasteiger partial charge in [-0.1, -0.05) is 48.2 Å². The third-order valence-corrected chi connectivity index (χ3v) is 5.47. The van der Waals surface area contributed by atoms with E-state index < -0.39 is 17.5 Å². The predicted octanol–water partition coefficient (Wildman–Crippen LogP) is 5.95. The number of hydrogen-bond donors (Lipinski definition) is 0. The van der Waals surface area contributed by atoms with Crippen LogP contribution in [0.15, 0.2) is 71.9 Å². The van der Waals surface area contributed by atoms with Crippen LogP contribution < -0.4 is 0 Å². The van der Waals surface area contributed by atoms with Gasteiger partial charge in [0.1, 0.15) is 17.5 Å². The molecule has 0 aliphatic rings. The zero-order valence-electron chi connectivity index (χ0n) is 15.4. The standard InChI is InChI=1S/C22H16F3N3S/c1-14-7-2-5-12-20(14)28-21(15-8-3-4-9-17(15)23)26-27-22(28)29-13-16-18(24)10-6-11-19(16)25/h2-12H,13H2,1H3. The van der Waals surface area contributed by atoms with E-state index in [1.54, 1.807) is 22.8 Å². The molecule has 0 atom stereocenters. The summed E-state index contributed by atoms with van der Waals surface area (Å²) in [4.78, 5) is 0. The van der Waals surface area contributed by atoms with Crippen LogP contribution in [0.2, 0.25) is 0 Å². The third-order valence-electron chi connectivity index (χ3n) is 4.51. The van der Waals surface area contributed by atoms with Crippen molar-refractivity contribution in [1.82, 2.24) is 14.8 Å². The van der Waals surface area contributed by atoms with Crippen molar-refractivity contribution >= 4 is 11.8 Å². The second kappa shape index (κ2) is 8.13. The molecule has 0 aliphatic heterocycles. The van der Waals surface area contributed by atoms with Crippen LogP contribution in [0.3, 0.4) is 0 Å². The average molecular weight is 411 g/mol. The molecule has 3 aromatic carbocycles. The van der Waals surface area contributed by atoms with Crippen LogP contribution in [0.25, 0.3) is 17.1 Å². The monoisotopic (exact) mass is 411 g/mol. The Hall–Kier alpha value is -3.06.